The zero-order valence-corrected chi connectivity index (χ0v) is 14.6. The quantitative estimate of drug-likeness (QED) is 0.630. The van der Waals surface area contributed by atoms with E-state index in [0.29, 0.717) is 28.5 Å². The molecule has 0 radical (unpaired) electrons. The number of halogens is 2. The van der Waals surface area contributed by atoms with Gasteiger partial charge in [0.05, 0.1) is 10.2 Å². The third-order valence-corrected chi connectivity index (χ3v) is 3.97. The van der Waals surface area contributed by atoms with Crippen LogP contribution in [0.1, 0.15) is 6.92 Å². The molecule has 122 valence electrons. The van der Waals surface area contributed by atoms with E-state index >= 15 is 0 Å². The molecule has 0 aliphatic heterocycles. The van der Waals surface area contributed by atoms with Gasteiger partial charge in [0.1, 0.15) is 11.6 Å². The van der Waals surface area contributed by atoms with Gasteiger partial charge < -0.3 is 10.6 Å². The summed E-state index contributed by atoms with van der Waals surface area (Å²) in [6.07, 6.45) is 0. The Kier molecular flexibility index (Phi) is 5.05. The van der Waals surface area contributed by atoms with Crippen molar-refractivity contribution in [2.24, 2.45) is 0 Å². The Bertz CT molecular complexity index is 840. The first-order chi connectivity index (χ1) is 11.7. The van der Waals surface area contributed by atoms with Crippen molar-refractivity contribution in [2.75, 3.05) is 17.2 Å². The molecule has 1 aromatic heterocycles. The molecule has 0 saturated carbocycles. The summed E-state index contributed by atoms with van der Waals surface area (Å²) in [7, 11) is 0. The maximum absolute atomic E-state index is 13.7. The standard InChI is InChI=1S/C18H16BrFN4/c1-2-21-18-23-16(12-6-4-3-5-7-12)11-17(24-18)22-13-8-9-14(19)15(20)10-13/h3-11H,2H2,1H3,(H2,21,22,23,24). The first-order valence-corrected chi connectivity index (χ1v) is 8.35. The Morgan fingerprint density at radius 2 is 1.83 bits per heavy atom. The monoisotopic (exact) mass is 386 g/mol. The van der Waals surface area contributed by atoms with Gasteiger partial charge in [0.25, 0.3) is 0 Å². The van der Waals surface area contributed by atoms with Gasteiger partial charge in [-0.15, -0.1) is 0 Å². The number of hydrogen-bond donors (Lipinski definition) is 2. The van der Waals surface area contributed by atoms with Crippen molar-refractivity contribution in [1.82, 2.24) is 9.97 Å². The molecule has 0 atom stereocenters. The van der Waals surface area contributed by atoms with Crippen LogP contribution in [0.3, 0.4) is 0 Å². The van der Waals surface area contributed by atoms with Gasteiger partial charge in [0.15, 0.2) is 0 Å². The SMILES string of the molecule is CCNc1nc(Nc2ccc(Br)c(F)c2)cc(-c2ccccc2)n1. The van der Waals surface area contributed by atoms with Crippen LogP contribution in [0.4, 0.5) is 21.8 Å². The molecule has 2 N–H and O–H groups in total. The maximum Gasteiger partial charge on any atom is 0.225 e. The van der Waals surface area contributed by atoms with Gasteiger partial charge in [-0.25, -0.2) is 9.37 Å². The molecule has 0 bridgehead atoms. The Morgan fingerprint density at radius 3 is 2.54 bits per heavy atom. The van der Waals surface area contributed by atoms with Crippen molar-refractivity contribution < 1.29 is 4.39 Å². The number of benzene rings is 2. The summed E-state index contributed by atoms with van der Waals surface area (Å²) >= 11 is 3.15. The largest absolute Gasteiger partial charge is 0.354 e. The summed E-state index contributed by atoms with van der Waals surface area (Å²) in [4.78, 5) is 8.95. The van der Waals surface area contributed by atoms with Crippen LogP contribution in [0.2, 0.25) is 0 Å². The van der Waals surface area contributed by atoms with Crippen molar-refractivity contribution in [3.05, 3.63) is 64.9 Å². The minimum atomic E-state index is -0.329. The molecule has 1 heterocycles. The normalized spacial score (nSPS) is 10.5. The highest BCUT2D eigenvalue weighted by molar-refractivity contribution is 9.10. The zero-order valence-electron chi connectivity index (χ0n) is 13.1. The summed E-state index contributed by atoms with van der Waals surface area (Å²) in [5.74, 6) is 0.796. The van der Waals surface area contributed by atoms with E-state index < -0.39 is 0 Å². The average Bonchev–Trinajstić information content (AvgIpc) is 2.59. The van der Waals surface area contributed by atoms with Crippen molar-refractivity contribution >= 4 is 33.4 Å². The molecule has 0 spiro atoms. The second-order valence-corrected chi connectivity index (χ2v) is 5.97. The fraction of sp³-hybridized carbons (Fsp3) is 0.111. The first kappa shape index (κ1) is 16.4. The number of aromatic nitrogens is 2. The van der Waals surface area contributed by atoms with E-state index in [1.807, 2.05) is 43.3 Å². The molecule has 0 saturated heterocycles. The Hall–Kier alpha value is -2.47. The van der Waals surface area contributed by atoms with Crippen LogP contribution in [0, 0.1) is 5.82 Å². The topological polar surface area (TPSA) is 49.8 Å². The summed E-state index contributed by atoms with van der Waals surface area (Å²) in [5.41, 5.74) is 2.40. The fourth-order valence-corrected chi connectivity index (χ4v) is 2.47. The molecule has 0 aliphatic rings. The molecule has 0 unspecified atom stereocenters. The van der Waals surface area contributed by atoms with E-state index in [0.717, 1.165) is 11.3 Å². The van der Waals surface area contributed by atoms with Crippen molar-refractivity contribution in [3.8, 4) is 11.3 Å². The number of hydrogen-bond acceptors (Lipinski definition) is 4. The first-order valence-electron chi connectivity index (χ1n) is 7.56. The summed E-state index contributed by atoms with van der Waals surface area (Å²) in [6.45, 7) is 2.69. The second-order valence-electron chi connectivity index (χ2n) is 5.11. The molecular formula is C18H16BrFN4. The molecule has 0 aliphatic carbocycles. The average molecular weight is 387 g/mol. The smallest absolute Gasteiger partial charge is 0.225 e. The molecule has 0 fully saturated rings. The van der Waals surface area contributed by atoms with E-state index in [4.69, 9.17) is 0 Å². The van der Waals surface area contributed by atoms with E-state index in [1.54, 1.807) is 12.1 Å². The number of rotatable bonds is 5. The summed E-state index contributed by atoms with van der Waals surface area (Å²) in [5, 5.41) is 6.25. The van der Waals surface area contributed by atoms with Gasteiger partial charge in [-0.3, -0.25) is 0 Å². The maximum atomic E-state index is 13.7. The van der Waals surface area contributed by atoms with E-state index in [-0.39, 0.29) is 5.82 Å². The molecular weight excluding hydrogens is 371 g/mol. The number of anilines is 3. The molecule has 3 rings (SSSR count). The fourth-order valence-electron chi connectivity index (χ4n) is 2.23. The molecule has 0 amide bonds. The third-order valence-electron chi connectivity index (χ3n) is 3.32. The number of nitrogens with zero attached hydrogens (tertiary/aromatic N) is 2. The van der Waals surface area contributed by atoms with Crippen LogP contribution in [-0.2, 0) is 0 Å². The van der Waals surface area contributed by atoms with Crippen LogP contribution in [0.25, 0.3) is 11.3 Å². The number of nitrogens with one attached hydrogen (secondary N) is 2. The van der Waals surface area contributed by atoms with Crippen molar-refractivity contribution in [3.63, 3.8) is 0 Å². The van der Waals surface area contributed by atoms with Gasteiger partial charge in [0.2, 0.25) is 5.95 Å². The third kappa shape index (κ3) is 3.89. The van der Waals surface area contributed by atoms with Gasteiger partial charge in [-0.1, -0.05) is 30.3 Å². The van der Waals surface area contributed by atoms with Crippen LogP contribution < -0.4 is 10.6 Å². The zero-order chi connectivity index (χ0) is 16.9. The van der Waals surface area contributed by atoms with Gasteiger partial charge >= 0.3 is 0 Å². The highest BCUT2D eigenvalue weighted by Crippen LogP contribution is 2.25. The molecule has 6 heteroatoms. The summed E-state index contributed by atoms with van der Waals surface area (Å²) in [6, 6.07) is 16.6. The Labute approximate surface area is 148 Å². The highest BCUT2D eigenvalue weighted by atomic mass is 79.9. The Balaban J connectivity index is 1.97. The lowest BCUT2D eigenvalue weighted by atomic mass is 10.1. The lowest BCUT2D eigenvalue weighted by molar-refractivity contribution is 0.622. The van der Waals surface area contributed by atoms with Gasteiger partial charge in [0, 0.05) is 23.9 Å². The summed E-state index contributed by atoms with van der Waals surface area (Å²) < 4.78 is 14.1. The van der Waals surface area contributed by atoms with Crippen molar-refractivity contribution in [2.45, 2.75) is 6.92 Å². The van der Waals surface area contributed by atoms with Crippen LogP contribution in [0.5, 0.6) is 0 Å². The van der Waals surface area contributed by atoms with Gasteiger partial charge in [-0.05, 0) is 41.1 Å². The molecule has 2 aromatic carbocycles. The minimum Gasteiger partial charge on any atom is -0.354 e. The van der Waals surface area contributed by atoms with Crippen LogP contribution >= 0.6 is 15.9 Å². The molecule has 3 aromatic rings. The molecule has 24 heavy (non-hydrogen) atoms. The minimum absolute atomic E-state index is 0.329. The highest BCUT2D eigenvalue weighted by Gasteiger charge is 2.08. The van der Waals surface area contributed by atoms with E-state index in [9.17, 15) is 4.39 Å². The Morgan fingerprint density at radius 1 is 1.04 bits per heavy atom. The lowest BCUT2D eigenvalue weighted by Crippen LogP contribution is -2.05. The predicted octanol–water partition coefficient (Wildman–Crippen LogP) is 5.22. The predicted molar refractivity (Wildman–Crippen MR) is 99.0 cm³/mol. The van der Waals surface area contributed by atoms with Gasteiger partial charge in [-0.2, -0.15) is 4.98 Å². The molecule has 4 nitrogen and oxygen atoms in total. The van der Waals surface area contributed by atoms with E-state index in [1.165, 1.54) is 6.07 Å². The van der Waals surface area contributed by atoms with E-state index in [2.05, 4.69) is 36.5 Å². The lowest BCUT2D eigenvalue weighted by Gasteiger charge is -2.11. The second kappa shape index (κ2) is 7.40. The van der Waals surface area contributed by atoms with Crippen LogP contribution in [0.15, 0.2) is 59.1 Å². The van der Waals surface area contributed by atoms with Crippen LogP contribution in [-0.4, -0.2) is 16.5 Å². The van der Waals surface area contributed by atoms with Crippen molar-refractivity contribution in [1.29, 1.82) is 0 Å².